The zero-order valence-corrected chi connectivity index (χ0v) is 7.51. The van der Waals surface area contributed by atoms with Crippen LogP contribution in [0.5, 0.6) is 5.88 Å². The maximum absolute atomic E-state index is 5.30. The van der Waals surface area contributed by atoms with Crippen LogP contribution in [0, 0.1) is 6.92 Å². The number of rotatable bonds is 0. The Hall–Kier alpha value is -1.85. The van der Waals surface area contributed by atoms with Crippen LogP contribution < -0.4 is 10.4 Å². The summed E-state index contributed by atoms with van der Waals surface area (Å²) in [7, 11) is 1.55. The molecule has 14 heavy (non-hydrogen) atoms. The summed E-state index contributed by atoms with van der Waals surface area (Å²) in [4.78, 5) is 4.11. The summed E-state index contributed by atoms with van der Waals surface area (Å²) < 4.78 is 7.21. The minimum Gasteiger partial charge on any atom is -0.540 e. The fourth-order valence-electron chi connectivity index (χ4n) is 1.50. The van der Waals surface area contributed by atoms with Crippen molar-refractivity contribution in [1.82, 2.24) is 19.7 Å². The van der Waals surface area contributed by atoms with Gasteiger partial charge in [-0.05, 0) is 19.1 Å². The molecular weight excluding hydrogens is 179 g/mol. The molecule has 1 aliphatic heterocycles. The summed E-state index contributed by atoms with van der Waals surface area (Å²) >= 11 is 0. The first-order chi connectivity index (χ1) is 6.86. The summed E-state index contributed by atoms with van der Waals surface area (Å²) in [5.41, 5.74) is 1.58. The van der Waals surface area contributed by atoms with Crippen molar-refractivity contribution in [1.29, 1.82) is 0 Å². The van der Waals surface area contributed by atoms with Crippen LogP contribution >= 0.6 is 0 Å². The number of fused-ring (bicyclic) bond motifs is 3. The molecule has 1 radical (unpaired) electrons. The first kappa shape index (κ1) is 7.55. The molecule has 0 saturated heterocycles. The Labute approximate surface area is 81.0 Å². The predicted molar refractivity (Wildman–Crippen MR) is 49.9 cm³/mol. The largest absolute Gasteiger partial charge is 0.540 e. The van der Waals surface area contributed by atoms with E-state index < -0.39 is 0 Å². The Morgan fingerprint density at radius 2 is 2.36 bits per heavy atom. The van der Waals surface area contributed by atoms with Gasteiger partial charge in [-0.1, -0.05) is 0 Å². The first-order valence-corrected chi connectivity index (χ1v) is 4.23. The minimum absolute atomic E-state index is 0.586. The quantitative estimate of drug-likeness (QED) is 0.524. The van der Waals surface area contributed by atoms with Crippen LogP contribution in [0.4, 0.5) is 0 Å². The predicted octanol–water partition coefficient (Wildman–Crippen LogP) is -0.392. The fraction of sp³-hybridized carbons (Fsp3) is 0.125. The second kappa shape index (κ2) is 2.57. The summed E-state index contributed by atoms with van der Waals surface area (Å²) in [5, 5.41) is 7.93. The van der Waals surface area contributed by atoms with Crippen LogP contribution in [-0.4, -0.2) is 27.2 Å². The SMILES string of the molecule is Cc1nnc2n1-c1cccnc1O[B]2. The topological polar surface area (TPSA) is 52.8 Å². The van der Waals surface area contributed by atoms with Crippen LogP contribution in [0.2, 0.25) is 0 Å². The standard InChI is InChI=1S/C8H6BN4O/c1-5-11-12-8-9-14-7-6(13(5)8)3-2-4-10-7/h2-4H,1H3. The number of aromatic nitrogens is 4. The van der Waals surface area contributed by atoms with Gasteiger partial charge in [-0.2, -0.15) is 0 Å². The number of nitrogens with zero attached hydrogens (tertiary/aromatic N) is 4. The third kappa shape index (κ3) is 0.877. The third-order valence-electron chi connectivity index (χ3n) is 2.12. The Morgan fingerprint density at radius 3 is 3.29 bits per heavy atom. The highest BCUT2D eigenvalue weighted by molar-refractivity contribution is 6.46. The highest BCUT2D eigenvalue weighted by atomic mass is 16.4. The van der Waals surface area contributed by atoms with Gasteiger partial charge in [0.25, 0.3) is 0 Å². The van der Waals surface area contributed by atoms with Crippen molar-refractivity contribution in [2.24, 2.45) is 0 Å². The molecule has 6 heteroatoms. The number of hydrogen-bond donors (Lipinski definition) is 0. The van der Waals surface area contributed by atoms with Crippen molar-refractivity contribution in [3.8, 4) is 11.6 Å². The smallest absolute Gasteiger partial charge is 0.454 e. The average Bonchev–Trinajstić information content (AvgIpc) is 2.61. The summed E-state index contributed by atoms with van der Waals surface area (Å²) in [6, 6.07) is 3.78. The van der Waals surface area contributed by atoms with Gasteiger partial charge in [0.15, 0.2) is 0 Å². The van der Waals surface area contributed by atoms with Gasteiger partial charge in [-0.25, -0.2) is 4.98 Å². The fourth-order valence-corrected chi connectivity index (χ4v) is 1.50. The van der Waals surface area contributed by atoms with Crippen LogP contribution in [0.25, 0.3) is 5.69 Å². The molecule has 0 amide bonds. The van der Waals surface area contributed by atoms with Crippen molar-refractivity contribution >= 4 is 13.2 Å². The molecular formula is C8H6BN4O. The van der Waals surface area contributed by atoms with E-state index in [1.165, 1.54) is 0 Å². The van der Waals surface area contributed by atoms with Crippen molar-refractivity contribution in [2.75, 3.05) is 0 Å². The summed E-state index contributed by atoms with van der Waals surface area (Å²) in [6.07, 6.45) is 1.69. The van der Waals surface area contributed by atoms with Crippen molar-refractivity contribution in [3.05, 3.63) is 24.2 Å². The lowest BCUT2D eigenvalue weighted by Gasteiger charge is -2.16. The molecule has 0 aliphatic carbocycles. The van der Waals surface area contributed by atoms with Gasteiger partial charge in [-0.15, -0.1) is 10.2 Å². The van der Waals surface area contributed by atoms with E-state index in [4.69, 9.17) is 4.65 Å². The third-order valence-corrected chi connectivity index (χ3v) is 2.12. The van der Waals surface area contributed by atoms with Gasteiger partial charge >= 0.3 is 7.48 Å². The molecule has 0 fully saturated rings. The molecule has 5 nitrogen and oxygen atoms in total. The summed E-state index contributed by atoms with van der Waals surface area (Å²) in [5.74, 6) is 1.41. The van der Waals surface area contributed by atoms with E-state index in [1.54, 1.807) is 13.7 Å². The molecule has 0 unspecified atom stereocenters. The molecule has 2 aromatic heterocycles. The molecule has 67 valence electrons. The van der Waals surface area contributed by atoms with Gasteiger partial charge < -0.3 is 4.65 Å². The second-order valence-corrected chi connectivity index (χ2v) is 3.00. The molecule has 0 N–H and O–H groups in total. The number of pyridine rings is 1. The lowest BCUT2D eigenvalue weighted by Crippen LogP contribution is -2.35. The number of hydrogen-bond acceptors (Lipinski definition) is 4. The van der Waals surface area contributed by atoms with Crippen LogP contribution in [0.15, 0.2) is 18.3 Å². The van der Waals surface area contributed by atoms with Crippen LogP contribution in [0.3, 0.4) is 0 Å². The van der Waals surface area contributed by atoms with Crippen molar-refractivity contribution in [3.63, 3.8) is 0 Å². The highest BCUT2D eigenvalue weighted by Gasteiger charge is 2.22. The Kier molecular flexibility index (Phi) is 1.39. The van der Waals surface area contributed by atoms with Gasteiger partial charge in [0.2, 0.25) is 5.88 Å². The zero-order valence-electron chi connectivity index (χ0n) is 7.51. The monoisotopic (exact) mass is 185 g/mol. The average molecular weight is 185 g/mol. The van der Waals surface area contributed by atoms with E-state index in [0.29, 0.717) is 11.6 Å². The van der Waals surface area contributed by atoms with E-state index in [1.807, 2.05) is 23.6 Å². The molecule has 0 aromatic carbocycles. The van der Waals surface area contributed by atoms with Crippen LogP contribution in [-0.2, 0) is 0 Å². The maximum Gasteiger partial charge on any atom is 0.454 e. The van der Waals surface area contributed by atoms with E-state index in [0.717, 1.165) is 11.5 Å². The van der Waals surface area contributed by atoms with Gasteiger partial charge in [0.1, 0.15) is 17.2 Å². The van der Waals surface area contributed by atoms with E-state index in [-0.39, 0.29) is 0 Å². The molecule has 0 spiro atoms. The second-order valence-electron chi connectivity index (χ2n) is 3.00. The molecule has 3 rings (SSSR count). The molecule has 0 atom stereocenters. The van der Waals surface area contributed by atoms with Gasteiger partial charge in [-0.3, -0.25) is 4.57 Å². The van der Waals surface area contributed by atoms with Gasteiger partial charge in [0, 0.05) is 6.20 Å². The summed E-state index contributed by atoms with van der Waals surface area (Å²) in [6.45, 7) is 1.90. The van der Waals surface area contributed by atoms with E-state index in [9.17, 15) is 0 Å². The normalized spacial score (nSPS) is 12.4. The van der Waals surface area contributed by atoms with Crippen LogP contribution in [0.1, 0.15) is 5.82 Å². The molecule has 3 heterocycles. The highest BCUT2D eigenvalue weighted by Crippen LogP contribution is 2.21. The Morgan fingerprint density at radius 1 is 1.43 bits per heavy atom. The lowest BCUT2D eigenvalue weighted by atomic mass is 9.98. The van der Waals surface area contributed by atoms with E-state index >= 15 is 0 Å². The van der Waals surface area contributed by atoms with E-state index in [2.05, 4.69) is 15.2 Å². The minimum atomic E-state index is 0.586. The number of aryl methyl sites for hydroxylation is 1. The van der Waals surface area contributed by atoms with Crippen molar-refractivity contribution in [2.45, 2.75) is 6.92 Å². The van der Waals surface area contributed by atoms with Crippen molar-refractivity contribution < 1.29 is 4.65 Å². The Balaban J connectivity index is 2.32. The first-order valence-electron chi connectivity index (χ1n) is 4.23. The lowest BCUT2D eigenvalue weighted by molar-refractivity contribution is 0.559. The molecule has 0 saturated carbocycles. The molecule has 0 bridgehead atoms. The van der Waals surface area contributed by atoms with Gasteiger partial charge in [0.05, 0.1) is 0 Å². The molecule has 2 aromatic rings. The molecule has 1 aliphatic rings. The zero-order chi connectivity index (χ0) is 9.54. The maximum atomic E-state index is 5.30. The Bertz CT molecular complexity index is 496.